The van der Waals surface area contributed by atoms with Gasteiger partial charge in [-0.2, -0.15) is 0 Å². The van der Waals surface area contributed by atoms with Gasteiger partial charge in [0.15, 0.2) is 0 Å². The van der Waals surface area contributed by atoms with Gasteiger partial charge in [0.2, 0.25) is 0 Å². The molecule has 1 aliphatic heterocycles. The van der Waals surface area contributed by atoms with Crippen molar-refractivity contribution in [1.29, 1.82) is 0 Å². The number of carbonyl (C=O) groups is 1. The third-order valence-electron chi connectivity index (χ3n) is 3.57. The summed E-state index contributed by atoms with van der Waals surface area (Å²) < 4.78 is 0.714. The summed E-state index contributed by atoms with van der Waals surface area (Å²) in [6, 6.07) is 5.77. The van der Waals surface area contributed by atoms with E-state index in [-0.39, 0.29) is 5.91 Å². The first kappa shape index (κ1) is 13.4. The Kier molecular flexibility index (Phi) is 4.27. The molecule has 3 nitrogen and oxygen atoms in total. The molecule has 0 aliphatic carbocycles. The number of carbonyl (C=O) groups excluding carboxylic acids is 1. The number of nitrogen functional groups attached to an aromatic ring is 1. The van der Waals surface area contributed by atoms with Gasteiger partial charge in [-0.15, -0.1) is 0 Å². The SMILES string of the molecule is CC1CCCCCN1C(=O)c1cccc(N)c1Br. The van der Waals surface area contributed by atoms with Crippen molar-refractivity contribution >= 4 is 27.5 Å². The van der Waals surface area contributed by atoms with Crippen molar-refractivity contribution in [3.63, 3.8) is 0 Å². The highest BCUT2D eigenvalue weighted by molar-refractivity contribution is 9.10. The fourth-order valence-corrected chi connectivity index (χ4v) is 2.88. The van der Waals surface area contributed by atoms with Crippen LogP contribution >= 0.6 is 15.9 Å². The average Bonchev–Trinajstić information content (AvgIpc) is 2.57. The first-order valence-corrected chi connectivity index (χ1v) is 7.25. The van der Waals surface area contributed by atoms with Crippen LogP contribution in [0, 0.1) is 0 Å². The Morgan fingerprint density at radius 2 is 2.17 bits per heavy atom. The molecule has 1 amide bonds. The van der Waals surface area contributed by atoms with Crippen molar-refractivity contribution in [2.75, 3.05) is 12.3 Å². The Balaban J connectivity index is 2.26. The molecule has 1 aromatic carbocycles. The average molecular weight is 311 g/mol. The van der Waals surface area contributed by atoms with Crippen LogP contribution in [0.2, 0.25) is 0 Å². The van der Waals surface area contributed by atoms with Crippen LogP contribution in [0.5, 0.6) is 0 Å². The largest absolute Gasteiger partial charge is 0.398 e. The van der Waals surface area contributed by atoms with Crippen LogP contribution < -0.4 is 5.73 Å². The lowest BCUT2D eigenvalue weighted by Gasteiger charge is -2.27. The molecule has 98 valence electrons. The Morgan fingerprint density at radius 3 is 2.94 bits per heavy atom. The van der Waals surface area contributed by atoms with E-state index in [4.69, 9.17) is 5.73 Å². The molecular weight excluding hydrogens is 292 g/mol. The number of likely N-dealkylation sites (tertiary alicyclic amines) is 1. The summed E-state index contributed by atoms with van der Waals surface area (Å²) in [6.07, 6.45) is 4.61. The Labute approximate surface area is 116 Å². The molecule has 1 atom stereocenters. The predicted octanol–water partition coefficient (Wildman–Crippen LogP) is 3.44. The molecule has 0 radical (unpaired) electrons. The van der Waals surface area contributed by atoms with Gasteiger partial charge in [0.25, 0.3) is 5.91 Å². The third-order valence-corrected chi connectivity index (χ3v) is 4.46. The number of benzene rings is 1. The summed E-state index contributed by atoms with van der Waals surface area (Å²) in [4.78, 5) is 14.6. The number of rotatable bonds is 1. The molecular formula is C14H19BrN2O. The van der Waals surface area contributed by atoms with E-state index < -0.39 is 0 Å². The summed E-state index contributed by atoms with van der Waals surface area (Å²) in [5, 5.41) is 0. The molecule has 2 N–H and O–H groups in total. The lowest BCUT2D eigenvalue weighted by molar-refractivity contribution is 0.0697. The highest BCUT2D eigenvalue weighted by Crippen LogP contribution is 2.27. The quantitative estimate of drug-likeness (QED) is 0.808. The molecule has 1 aliphatic rings. The number of hydrogen-bond donors (Lipinski definition) is 1. The van der Waals surface area contributed by atoms with Gasteiger partial charge in [-0.3, -0.25) is 4.79 Å². The van der Waals surface area contributed by atoms with Crippen LogP contribution in [0.1, 0.15) is 43.0 Å². The Hall–Kier alpha value is -1.03. The van der Waals surface area contributed by atoms with Gasteiger partial charge in [-0.05, 0) is 47.8 Å². The lowest BCUT2D eigenvalue weighted by Crippen LogP contribution is -2.38. The normalized spacial score (nSPS) is 20.6. The number of nitrogens with two attached hydrogens (primary N) is 1. The van der Waals surface area contributed by atoms with Crippen molar-refractivity contribution in [2.45, 2.75) is 38.6 Å². The number of nitrogens with zero attached hydrogens (tertiary/aromatic N) is 1. The summed E-state index contributed by atoms with van der Waals surface area (Å²) in [6.45, 7) is 2.98. The predicted molar refractivity (Wildman–Crippen MR) is 77.5 cm³/mol. The van der Waals surface area contributed by atoms with Crippen LogP contribution in [0.4, 0.5) is 5.69 Å². The second kappa shape index (κ2) is 5.74. The molecule has 0 spiro atoms. The van der Waals surface area contributed by atoms with Crippen molar-refractivity contribution in [3.8, 4) is 0 Å². The summed E-state index contributed by atoms with van der Waals surface area (Å²) in [5.41, 5.74) is 7.12. The molecule has 0 aromatic heterocycles. The van der Waals surface area contributed by atoms with Crippen LogP contribution in [-0.4, -0.2) is 23.4 Å². The minimum absolute atomic E-state index is 0.0866. The van der Waals surface area contributed by atoms with E-state index in [1.807, 2.05) is 17.0 Å². The van der Waals surface area contributed by atoms with E-state index in [0.29, 0.717) is 21.8 Å². The molecule has 1 aromatic rings. The molecule has 1 fully saturated rings. The van der Waals surface area contributed by atoms with Crippen LogP contribution in [0.3, 0.4) is 0 Å². The molecule has 0 bridgehead atoms. The Bertz CT molecular complexity index is 447. The third kappa shape index (κ3) is 2.69. The van der Waals surface area contributed by atoms with Crippen LogP contribution in [-0.2, 0) is 0 Å². The molecule has 4 heteroatoms. The van der Waals surface area contributed by atoms with Gasteiger partial charge < -0.3 is 10.6 Å². The zero-order valence-electron chi connectivity index (χ0n) is 10.7. The maximum Gasteiger partial charge on any atom is 0.255 e. The molecule has 1 saturated heterocycles. The van der Waals surface area contributed by atoms with E-state index in [1.165, 1.54) is 12.8 Å². The molecule has 1 heterocycles. The zero-order valence-corrected chi connectivity index (χ0v) is 12.2. The van der Waals surface area contributed by atoms with E-state index in [1.54, 1.807) is 6.07 Å². The topological polar surface area (TPSA) is 46.3 Å². The Morgan fingerprint density at radius 1 is 1.39 bits per heavy atom. The van der Waals surface area contributed by atoms with Crippen molar-refractivity contribution in [3.05, 3.63) is 28.2 Å². The first-order chi connectivity index (χ1) is 8.61. The minimum atomic E-state index is 0.0866. The van der Waals surface area contributed by atoms with E-state index >= 15 is 0 Å². The van der Waals surface area contributed by atoms with Crippen molar-refractivity contribution in [1.82, 2.24) is 4.90 Å². The number of anilines is 1. The van der Waals surface area contributed by atoms with Gasteiger partial charge in [0, 0.05) is 18.3 Å². The van der Waals surface area contributed by atoms with E-state index in [2.05, 4.69) is 22.9 Å². The van der Waals surface area contributed by atoms with Gasteiger partial charge in [0.05, 0.1) is 10.0 Å². The minimum Gasteiger partial charge on any atom is -0.398 e. The number of amides is 1. The second-order valence-corrected chi connectivity index (χ2v) is 5.70. The van der Waals surface area contributed by atoms with Gasteiger partial charge in [-0.1, -0.05) is 18.9 Å². The van der Waals surface area contributed by atoms with Gasteiger partial charge in [0.1, 0.15) is 0 Å². The number of halogens is 1. The van der Waals surface area contributed by atoms with Crippen molar-refractivity contribution < 1.29 is 4.79 Å². The second-order valence-electron chi connectivity index (χ2n) is 4.91. The van der Waals surface area contributed by atoms with Crippen LogP contribution in [0.25, 0.3) is 0 Å². The first-order valence-electron chi connectivity index (χ1n) is 6.46. The summed E-state index contributed by atoms with van der Waals surface area (Å²) in [5.74, 6) is 0.0866. The maximum atomic E-state index is 12.6. The molecule has 1 unspecified atom stereocenters. The number of hydrogen-bond acceptors (Lipinski definition) is 2. The van der Waals surface area contributed by atoms with E-state index in [0.717, 1.165) is 19.4 Å². The highest BCUT2D eigenvalue weighted by Gasteiger charge is 2.24. The lowest BCUT2D eigenvalue weighted by atomic mass is 10.1. The summed E-state index contributed by atoms with van der Waals surface area (Å²) >= 11 is 3.41. The summed E-state index contributed by atoms with van der Waals surface area (Å²) in [7, 11) is 0. The highest BCUT2D eigenvalue weighted by atomic mass is 79.9. The van der Waals surface area contributed by atoms with E-state index in [9.17, 15) is 4.79 Å². The smallest absolute Gasteiger partial charge is 0.255 e. The fourth-order valence-electron chi connectivity index (χ4n) is 2.45. The van der Waals surface area contributed by atoms with Crippen LogP contribution in [0.15, 0.2) is 22.7 Å². The fraction of sp³-hybridized carbons (Fsp3) is 0.500. The van der Waals surface area contributed by atoms with Gasteiger partial charge >= 0.3 is 0 Å². The van der Waals surface area contributed by atoms with Gasteiger partial charge in [-0.25, -0.2) is 0 Å². The monoisotopic (exact) mass is 310 g/mol. The maximum absolute atomic E-state index is 12.6. The molecule has 2 rings (SSSR count). The van der Waals surface area contributed by atoms with Crippen molar-refractivity contribution in [2.24, 2.45) is 0 Å². The standard InChI is InChI=1S/C14H19BrN2O/c1-10-6-3-2-4-9-17(10)14(18)11-7-5-8-12(16)13(11)15/h5,7-8,10H,2-4,6,9,16H2,1H3. The molecule has 0 saturated carbocycles. The molecule has 18 heavy (non-hydrogen) atoms. The zero-order chi connectivity index (χ0) is 13.1.